The summed E-state index contributed by atoms with van der Waals surface area (Å²) in [4.78, 5) is 0. The van der Waals surface area contributed by atoms with E-state index in [2.05, 4.69) is 21.1 Å². The topological polar surface area (TPSA) is 12.0 Å². The van der Waals surface area contributed by atoms with Crippen LogP contribution in [0.25, 0.3) is 0 Å². The highest BCUT2D eigenvalue weighted by atomic mass is 31.0. The van der Waals surface area contributed by atoms with Gasteiger partial charge in [0.2, 0.25) is 0 Å². The average Bonchev–Trinajstić information content (AvgIpc) is 1.69. The second-order valence-corrected chi connectivity index (χ2v) is 1.79. The summed E-state index contributed by atoms with van der Waals surface area (Å²) in [5.41, 5.74) is 0. The first-order valence-electron chi connectivity index (χ1n) is 2.46. The van der Waals surface area contributed by atoms with E-state index in [-0.39, 0.29) is 0 Å². The number of hydrogen-bond donors (Lipinski definition) is 1. The second kappa shape index (κ2) is 6.13. The summed E-state index contributed by atoms with van der Waals surface area (Å²) in [6.45, 7) is 4.66. The zero-order chi connectivity index (χ0) is 5.54. The lowest BCUT2D eigenvalue weighted by atomic mass is 10.3. The van der Waals surface area contributed by atoms with Crippen LogP contribution in [-0.4, -0.2) is 6.54 Å². The smallest absolute Gasteiger partial charge is 0.00115 e. The number of allylic oxidation sites excluding steroid dienone is 1. The molecule has 7 heavy (non-hydrogen) atoms. The Kier molecular flexibility index (Phi) is 6.24. The summed E-state index contributed by atoms with van der Waals surface area (Å²) in [5.74, 6) is 0. The van der Waals surface area contributed by atoms with Crippen molar-refractivity contribution in [3.8, 4) is 0 Å². The van der Waals surface area contributed by atoms with Gasteiger partial charge in [0.05, 0.1) is 0 Å². The third-order valence-corrected chi connectivity index (χ3v) is 1.02. The molecule has 0 fully saturated rings. The Labute approximate surface area is 47.4 Å². The van der Waals surface area contributed by atoms with Crippen molar-refractivity contribution in [3.05, 3.63) is 12.7 Å². The summed E-state index contributed by atoms with van der Waals surface area (Å²) in [5, 5.41) is 2.97. The van der Waals surface area contributed by atoms with Crippen molar-refractivity contribution in [2.75, 3.05) is 6.54 Å². The van der Waals surface area contributed by atoms with Crippen LogP contribution in [0.4, 0.5) is 0 Å². The summed E-state index contributed by atoms with van der Waals surface area (Å²) in [6, 6.07) is 0. The van der Waals surface area contributed by atoms with E-state index in [1.54, 1.807) is 0 Å². The first-order chi connectivity index (χ1) is 3.41. The SMILES string of the molecule is C=CCCCNP. The fourth-order valence-corrected chi connectivity index (χ4v) is 0.553. The highest BCUT2D eigenvalue weighted by molar-refractivity contribution is 7.13. The minimum atomic E-state index is 1.07. The van der Waals surface area contributed by atoms with Gasteiger partial charge in [0.1, 0.15) is 0 Å². The first-order valence-corrected chi connectivity index (χ1v) is 3.04. The van der Waals surface area contributed by atoms with Crippen LogP contribution in [0.1, 0.15) is 12.8 Å². The van der Waals surface area contributed by atoms with Crippen molar-refractivity contribution in [1.82, 2.24) is 5.09 Å². The molecular formula is C5H12NP. The third kappa shape index (κ3) is 6.13. The maximum Gasteiger partial charge on any atom is -0.00115 e. The van der Waals surface area contributed by atoms with Crippen LogP contribution in [0.3, 0.4) is 0 Å². The summed E-state index contributed by atoms with van der Waals surface area (Å²) < 4.78 is 0. The Morgan fingerprint density at radius 2 is 2.43 bits per heavy atom. The molecule has 1 atom stereocenters. The van der Waals surface area contributed by atoms with Crippen LogP contribution in [0.15, 0.2) is 12.7 Å². The van der Waals surface area contributed by atoms with Crippen LogP contribution in [0, 0.1) is 0 Å². The number of hydrogen-bond acceptors (Lipinski definition) is 1. The molecule has 0 aliphatic rings. The molecule has 2 heteroatoms. The minimum Gasteiger partial charge on any atom is -0.301 e. The van der Waals surface area contributed by atoms with Crippen LogP contribution in [0.5, 0.6) is 0 Å². The number of unbranched alkanes of at least 4 members (excludes halogenated alkanes) is 1. The van der Waals surface area contributed by atoms with Gasteiger partial charge in [-0.15, -0.1) is 6.58 Å². The Hall–Kier alpha value is 0.130. The molecule has 1 nitrogen and oxygen atoms in total. The molecular weight excluding hydrogens is 105 g/mol. The van der Waals surface area contributed by atoms with Gasteiger partial charge in [-0.25, -0.2) is 0 Å². The molecule has 0 radical (unpaired) electrons. The number of rotatable bonds is 4. The van der Waals surface area contributed by atoms with Crippen molar-refractivity contribution >= 4 is 9.39 Å². The lowest BCUT2D eigenvalue weighted by Crippen LogP contribution is -1.97. The minimum absolute atomic E-state index is 1.07. The van der Waals surface area contributed by atoms with Crippen molar-refractivity contribution in [3.63, 3.8) is 0 Å². The quantitative estimate of drug-likeness (QED) is 0.333. The van der Waals surface area contributed by atoms with E-state index in [4.69, 9.17) is 0 Å². The lowest BCUT2D eigenvalue weighted by Gasteiger charge is -1.90. The molecule has 0 bridgehead atoms. The fourth-order valence-electron chi connectivity index (χ4n) is 0.348. The predicted octanol–water partition coefficient (Wildman–Crippen LogP) is 1.33. The van der Waals surface area contributed by atoms with E-state index >= 15 is 0 Å². The van der Waals surface area contributed by atoms with Gasteiger partial charge in [-0.2, -0.15) is 0 Å². The largest absolute Gasteiger partial charge is 0.301 e. The van der Waals surface area contributed by atoms with E-state index in [0.29, 0.717) is 0 Å². The van der Waals surface area contributed by atoms with Crippen molar-refractivity contribution in [2.45, 2.75) is 12.8 Å². The van der Waals surface area contributed by atoms with Gasteiger partial charge in [-0.05, 0) is 19.4 Å². The highest BCUT2D eigenvalue weighted by Crippen LogP contribution is 1.86. The Bertz CT molecular complexity index is 45.3. The van der Waals surface area contributed by atoms with Crippen molar-refractivity contribution in [2.24, 2.45) is 0 Å². The molecule has 0 spiro atoms. The van der Waals surface area contributed by atoms with Crippen molar-refractivity contribution in [1.29, 1.82) is 0 Å². The molecule has 0 aliphatic carbocycles. The van der Waals surface area contributed by atoms with E-state index in [1.807, 2.05) is 6.08 Å². The zero-order valence-electron chi connectivity index (χ0n) is 4.48. The van der Waals surface area contributed by atoms with Gasteiger partial charge in [-0.1, -0.05) is 15.5 Å². The molecule has 42 valence electrons. The highest BCUT2D eigenvalue weighted by Gasteiger charge is 1.75. The molecule has 0 rings (SSSR count). The first kappa shape index (κ1) is 7.13. The van der Waals surface area contributed by atoms with Crippen LogP contribution in [-0.2, 0) is 0 Å². The molecule has 1 unspecified atom stereocenters. The molecule has 1 N–H and O–H groups in total. The maximum absolute atomic E-state index is 3.60. The standard InChI is InChI=1S/C5H12NP/c1-2-3-4-5-6-7/h2,6H,1,3-5,7H2. The molecule has 0 aromatic rings. The molecule has 0 amide bonds. The third-order valence-electron chi connectivity index (χ3n) is 0.729. The molecule has 0 aromatic carbocycles. The monoisotopic (exact) mass is 117 g/mol. The van der Waals surface area contributed by atoms with E-state index < -0.39 is 0 Å². The maximum atomic E-state index is 3.60. The van der Waals surface area contributed by atoms with Gasteiger partial charge in [0.15, 0.2) is 0 Å². The second-order valence-electron chi connectivity index (χ2n) is 1.39. The van der Waals surface area contributed by atoms with Crippen molar-refractivity contribution < 1.29 is 0 Å². The molecule has 0 heterocycles. The predicted molar refractivity (Wildman–Crippen MR) is 37.1 cm³/mol. The van der Waals surface area contributed by atoms with E-state index in [1.165, 1.54) is 6.42 Å². The fraction of sp³-hybridized carbons (Fsp3) is 0.600. The Morgan fingerprint density at radius 1 is 1.71 bits per heavy atom. The normalized spacial score (nSPS) is 8.71. The average molecular weight is 117 g/mol. The van der Waals surface area contributed by atoms with Crippen LogP contribution < -0.4 is 5.09 Å². The molecule has 0 aliphatic heterocycles. The Balaban J connectivity index is 2.56. The molecule has 0 saturated carbocycles. The summed E-state index contributed by atoms with van der Waals surface area (Å²) >= 11 is 0. The van der Waals surface area contributed by atoms with E-state index in [0.717, 1.165) is 13.0 Å². The van der Waals surface area contributed by atoms with Gasteiger partial charge in [-0.3, -0.25) is 0 Å². The summed E-state index contributed by atoms with van der Waals surface area (Å²) in [7, 11) is 2.47. The van der Waals surface area contributed by atoms with E-state index in [9.17, 15) is 0 Å². The van der Waals surface area contributed by atoms with Gasteiger partial charge in [0.25, 0.3) is 0 Å². The Morgan fingerprint density at radius 3 is 2.86 bits per heavy atom. The number of nitrogens with one attached hydrogen (secondary N) is 1. The molecule has 0 aromatic heterocycles. The summed E-state index contributed by atoms with van der Waals surface area (Å²) in [6.07, 6.45) is 4.23. The zero-order valence-corrected chi connectivity index (χ0v) is 5.64. The molecule has 0 saturated heterocycles. The van der Waals surface area contributed by atoms with Crippen LogP contribution in [0.2, 0.25) is 0 Å². The lowest BCUT2D eigenvalue weighted by molar-refractivity contribution is 0.817. The van der Waals surface area contributed by atoms with Gasteiger partial charge in [0, 0.05) is 0 Å². The van der Waals surface area contributed by atoms with Gasteiger partial charge < -0.3 is 5.09 Å². The van der Waals surface area contributed by atoms with Crippen LogP contribution >= 0.6 is 9.39 Å². The van der Waals surface area contributed by atoms with Gasteiger partial charge >= 0.3 is 0 Å².